The molecule has 4 bridgehead atoms. The molecule has 0 unspecified atom stereocenters. The maximum absolute atomic E-state index is 12.6. The van der Waals surface area contributed by atoms with Gasteiger partial charge in [-0.25, -0.2) is 0 Å². The van der Waals surface area contributed by atoms with Crippen LogP contribution in [-0.4, -0.2) is 24.3 Å². The van der Waals surface area contributed by atoms with Crippen molar-refractivity contribution in [1.29, 1.82) is 0 Å². The Morgan fingerprint density at radius 1 is 0.875 bits per heavy atom. The number of benzene rings is 1. The summed E-state index contributed by atoms with van der Waals surface area (Å²) in [6.07, 6.45) is 8.17. The topological polar surface area (TPSA) is 87.3 Å². The second-order valence-electron chi connectivity index (χ2n) is 9.93. The van der Waals surface area contributed by atoms with Crippen LogP contribution < -0.4 is 16.0 Å². The molecular formula is C25H29N3O3S. The van der Waals surface area contributed by atoms with Crippen LogP contribution in [0.5, 0.6) is 0 Å². The summed E-state index contributed by atoms with van der Waals surface area (Å²) in [6, 6.07) is 10.6. The Balaban J connectivity index is 1.10. The molecule has 4 aliphatic carbocycles. The average Bonchev–Trinajstić information content (AvgIpc) is 3.26. The Bertz CT molecular complexity index is 982. The molecule has 3 N–H and O–H groups in total. The molecule has 0 saturated heterocycles. The number of rotatable bonds is 7. The fraction of sp³-hybridized carbons (Fsp3) is 0.480. The standard InChI is InChI=1S/C25H29N3O3S/c29-22(14-25-11-16-7-17(12-25)9-18(8-16)13-25)26-15-23(30)27-19-3-1-4-20(10-19)28-24(31)21-5-2-6-32-21/h1-6,10,16-18H,7-9,11-15H2,(H,26,29)(H,27,30)(H,28,31). The van der Waals surface area contributed by atoms with E-state index in [1.54, 1.807) is 30.3 Å². The number of hydrogen-bond acceptors (Lipinski definition) is 4. The van der Waals surface area contributed by atoms with Gasteiger partial charge < -0.3 is 16.0 Å². The Labute approximate surface area is 192 Å². The van der Waals surface area contributed by atoms with E-state index in [9.17, 15) is 14.4 Å². The summed E-state index contributed by atoms with van der Waals surface area (Å²) in [5.74, 6) is 1.96. The number of hydrogen-bond donors (Lipinski definition) is 3. The van der Waals surface area contributed by atoms with Gasteiger partial charge in [-0.05, 0) is 91.3 Å². The van der Waals surface area contributed by atoms with Crippen LogP contribution in [0.15, 0.2) is 41.8 Å². The summed E-state index contributed by atoms with van der Waals surface area (Å²) in [7, 11) is 0. The highest BCUT2D eigenvalue weighted by molar-refractivity contribution is 7.12. The SMILES string of the molecule is O=C(CC12CC3CC(CC(C3)C1)C2)NCC(=O)Nc1cccc(NC(=O)c2cccs2)c1. The molecule has 6 nitrogen and oxygen atoms in total. The number of thiophene rings is 1. The van der Waals surface area contributed by atoms with E-state index in [0.717, 1.165) is 17.8 Å². The molecule has 0 spiro atoms. The smallest absolute Gasteiger partial charge is 0.265 e. The third kappa shape index (κ3) is 4.72. The van der Waals surface area contributed by atoms with Gasteiger partial charge in [0.05, 0.1) is 11.4 Å². The van der Waals surface area contributed by atoms with Gasteiger partial charge in [0.2, 0.25) is 11.8 Å². The van der Waals surface area contributed by atoms with Crippen LogP contribution in [0.25, 0.3) is 0 Å². The van der Waals surface area contributed by atoms with Crippen molar-refractivity contribution in [2.24, 2.45) is 23.2 Å². The molecule has 1 aromatic carbocycles. The van der Waals surface area contributed by atoms with Crippen molar-refractivity contribution in [3.05, 3.63) is 46.7 Å². The molecule has 0 aliphatic heterocycles. The van der Waals surface area contributed by atoms with Crippen LogP contribution in [-0.2, 0) is 9.59 Å². The van der Waals surface area contributed by atoms with Crippen molar-refractivity contribution in [2.45, 2.75) is 44.9 Å². The molecule has 32 heavy (non-hydrogen) atoms. The van der Waals surface area contributed by atoms with Gasteiger partial charge in [0.25, 0.3) is 5.91 Å². The average molecular weight is 452 g/mol. The molecule has 4 fully saturated rings. The second kappa shape index (κ2) is 8.70. The second-order valence-corrected chi connectivity index (χ2v) is 10.9. The summed E-state index contributed by atoms with van der Waals surface area (Å²) >= 11 is 1.37. The van der Waals surface area contributed by atoms with E-state index < -0.39 is 0 Å². The summed E-state index contributed by atoms with van der Waals surface area (Å²) in [6.45, 7) is -0.0447. The number of carbonyl (C=O) groups excluding carboxylic acids is 3. The first-order chi connectivity index (χ1) is 15.5. The van der Waals surface area contributed by atoms with Crippen molar-refractivity contribution in [3.8, 4) is 0 Å². The number of anilines is 2. The molecule has 1 aromatic heterocycles. The van der Waals surface area contributed by atoms with Gasteiger partial charge in [0.15, 0.2) is 0 Å². The Hall–Kier alpha value is -2.67. The van der Waals surface area contributed by atoms with Crippen molar-refractivity contribution < 1.29 is 14.4 Å². The van der Waals surface area contributed by atoms with E-state index in [0.29, 0.717) is 22.7 Å². The third-order valence-corrected chi connectivity index (χ3v) is 8.16. The lowest BCUT2D eigenvalue weighted by molar-refractivity contribution is -0.131. The Morgan fingerprint density at radius 3 is 2.16 bits per heavy atom. The minimum absolute atomic E-state index is 0.0148. The van der Waals surface area contributed by atoms with Gasteiger partial charge in [-0.15, -0.1) is 11.3 Å². The maximum atomic E-state index is 12.6. The van der Waals surface area contributed by atoms with Crippen molar-refractivity contribution in [2.75, 3.05) is 17.2 Å². The van der Waals surface area contributed by atoms with Crippen LogP contribution in [0.3, 0.4) is 0 Å². The summed E-state index contributed by atoms with van der Waals surface area (Å²) in [4.78, 5) is 37.9. The predicted molar refractivity (Wildman–Crippen MR) is 126 cm³/mol. The van der Waals surface area contributed by atoms with E-state index in [2.05, 4.69) is 16.0 Å². The molecule has 168 valence electrons. The molecule has 1 heterocycles. The first-order valence-electron chi connectivity index (χ1n) is 11.5. The highest BCUT2D eigenvalue weighted by Crippen LogP contribution is 2.61. The van der Waals surface area contributed by atoms with Crippen LogP contribution in [0.4, 0.5) is 11.4 Å². The molecule has 4 aliphatic rings. The van der Waals surface area contributed by atoms with Gasteiger partial charge in [-0.2, -0.15) is 0 Å². The van der Waals surface area contributed by atoms with Crippen LogP contribution >= 0.6 is 11.3 Å². The van der Waals surface area contributed by atoms with E-state index in [1.807, 2.05) is 11.4 Å². The first-order valence-corrected chi connectivity index (χ1v) is 12.4. The molecule has 7 heteroatoms. The van der Waals surface area contributed by atoms with Crippen LogP contribution in [0, 0.1) is 23.2 Å². The minimum Gasteiger partial charge on any atom is -0.347 e. The third-order valence-electron chi connectivity index (χ3n) is 7.30. The molecule has 2 aromatic rings. The van der Waals surface area contributed by atoms with Gasteiger partial charge in [-0.1, -0.05) is 12.1 Å². The highest BCUT2D eigenvalue weighted by Gasteiger charge is 2.51. The molecule has 4 saturated carbocycles. The molecule has 6 rings (SSSR count). The summed E-state index contributed by atoms with van der Waals surface area (Å²) in [5, 5.41) is 10.3. The fourth-order valence-corrected chi connectivity index (χ4v) is 7.19. The van der Waals surface area contributed by atoms with Crippen LogP contribution in [0.1, 0.15) is 54.6 Å². The monoisotopic (exact) mass is 451 g/mol. The van der Waals surface area contributed by atoms with E-state index >= 15 is 0 Å². The van der Waals surface area contributed by atoms with Crippen LogP contribution in [0.2, 0.25) is 0 Å². The Morgan fingerprint density at radius 2 is 1.53 bits per heavy atom. The summed E-state index contributed by atoms with van der Waals surface area (Å²) < 4.78 is 0. The number of carbonyl (C=O) groups is 3. The molecule has 3 amide bonds. The zero-order valence-corrected chi connectivity index (χ0v) is 18.9. The normalized spacial score (nSPS) is 27.7. The number of nitrogens with one attached hydrogen (secondary N) is 3. The van der Waals surface area contributed by atoms with E-state index in [1.165, 1.54) is 49.9 Å². The lowest BCUT2D eigenvalue weighted by Crippen LogP contribution is -2.48. The van der Waals surface area contributed by atoms with Gasteiger partial charge in [0, 0.05) is 17.8 Å². The highest BCUT2D eigenvalue weighted by atomic mass is 32.1. The minimum atomic E-state index is -0.273. The van der Waals surface area contributed by atoms with Crippen molar-refractivity contribution >= 4 is 40.4 Å². The Kier molecular flexibility index (Phi) is 5.76. The van der Waals surface area contributed by atoms with Crippen molar-refractivity contribution in [1.82, 2.24) is 5.32 Å². The van der Waals surface area contributed by atoms with Gasteiger partial charge >= 0.3 is 0 Å². The summed E-state index contributed by atoms with van der Waals surface area (Å²) in [5.41, 5.74) is 1.35. The van der Waals surface area contributed by atoms with E-state index in [-0.39, 0.29) is 29.7 Å². The first kappa shape index (κ1) is 21.2. The quantitative estimate of drug-likeness (QED) is 0.572. The number of amides is 3. The fourth-order valence-electron chi connectivity index (χ4n) is 6.57. The van der Waals surface area contributed by atoms with Gasteiger partial charge in [-0.3, -0.25) is 14.4 Å². The van der Waals surface area contributed by atoms with E-state index in [4.69, 9.17) is 0 Å². The van der Waals surface area contributed by atoms with Gasteiger partial charge in [0.1, 0.15) is 0 Å². The maximum Gasteiger partial charge on any atom is 0.265 e. The lowest BCUT2D eigenvalue weighted by Gasteiger charge is -2.56. The van der Waals surface area contributed by atoms with Crippen molar-refractivity contribution in [3.63, 3.8) is 0 Å². The molecule has 0 radical (unpaired) electrons. The molecule has 0 atom stereocenters. The lowest BCUT2D eigenvalue weighted by atomic mass is 9.49. The zero-order valence-electron chi connectivity index (χ0n) is 18.1. The predicted octanol–water partition coefficient (Wildman–Crippen LogP) is 4.66. The molecular weight excluding hydrogens is 422 g/mol. The largest absolute Gasteiger partial charge is 0.347 e. The zero-order chi connectivity index (χ0) is 22.1.